The van der Waals surface area contributed by atoms with E-state index in [1.165, 1.54) is 0 Å². The molecule has 2 aliphatic rings. The van der Waals surface area contributed by atoms with Gasteiger partial charge in [-0.05, 0) is 32.7 Å². The van der Waals surface area contributed by atoms with Crippen LogP contribution in [0, 0.1) is 5.92 Å². The Balaban J connectivity index is 2.05. The van der Waals surface area contributed by atoms with Crippen molar-refractivity contribution in [3.05, 3.63) is 0 Å². The number of piperazine rings is 1. The van der Waals surface area contributed by atoms with Crippen LogP contribution in [0.1, 0.15) is 19.8 Å². The third-order valence-corrected chi connectivity index (χ3v) is 6.68. The first-order chi connectivity index (χ1) is 8.95. The Morgan fingerprint density at radius 1 is 1.16 bits per heavy atom. The highest BCUT2D eigenvalue weighted by Crippen LogP contribution is 2.23. The number of hydrogen-bond donors (Lipinski definition) is 0. The smallest absolute Gasteiger partial charge is 0.282 e. The highest BCUT2D eigenvalue weighted by Gasteiger charge is 2.36. The summed E-state index contributed by atoms with van der Waals surface area (Å²) in [6, 6.07) is 0.275. The summed E-state index contributed by atoms with van der Waals surface area (Å²) in [5.74, 6) is 0.848. The van der Waals surface area contributed by atoms with Crippen molar-refractivity contribution in [2.45, 2.75) is 25.8 Å². The lowest BCUT2D eigenvalue weighted by atomic mass is 10.0. The molecule has 0 aromatic rings. The second-order valence-corrected chi connectivity index (χ2v) is 7.95. The van der Waals surface area contributed by atoms with Crippen LogP contribution in [0.5, 0.6) is 0 Å². The monoisotopic (exact) mass is 309 g/mol. The molecule has 0 radical (unpaired) electrons. The minimum atomic E-state index is -3.30. The van der Waals surface area contributed by atoms with Crippen molar-refractivity contribution >= 4 is 21.8 Å². The summed E-state index contributed by atoms with van der Waals surface area (Å²) in [4.78, 5) is 2.20. The molecule has 2 unspecified atom stereocenters. The van der Waals surface area contributed by atoms with Crippen LogP contribution < -0.4 is 0 Å². The fraction of sp³-hybridized carbons (Fsp3) is 1.00. The zero-order valence-electron chi connectivity index (χ0n) is 11.8. The van der Waals surface area contributed by atoms with Gasteiger partial charge in [-0.25, -0.2) is 0 Å². The Hall–Kier alpha value is 0.120. The number of halogens is 1. The normalized spacial score (nSPS) is 32.6. The van der Waals surface area contributed by atoms with Gasteiger partial charge in [-0.15, -0.1) is 11.6 Å². The van der Waals surface area contributed by atoms with E-state index in [2.05, 4.69) is 11.8 Å². The van der Waals surface area contributed by atoms with Crippen LogP contribution in [-0.4, -0.2) is 73.6 Å². The molecule has 2 aliphatic heterocycles. The lowest BCUT2D eigenvalue weighted by Crippen LogP contribution is -2.56. The van der Waals surface area contributed by atoms with E-state index in [-0.39, 0.29) is 6.04 Å². The molecule has 2 rings (SSSR count). The van der Waals surface area contributed by atoms with Crippen molar-refractivity contribution < 1.29 is 8.42 Å². The van der Waals surface area contributed by atoms with Crippen molar-refractivity contribution in [2.24, 2.45) is 5.92 Å². The molecule has 5 nitrogen and oxygen atoms in total. The van der Waals surface area contributed by atoms with Gasteiger partial charge in [-0.1, -0.05) is 0 Å². The Kier molecular flexibility index (Phi) is 5.11. The van der Waals surface area contributed by atoms with E-state index in [1.54, 1.807) is 8.61 Å². The van der Waals surface area contributed by atoms with Gasteiger partial charge < -0.3 is 4.90 Å². The highest BCUT2D eigenvalue weighted by atomic mass is 35.5. The summed E-state index contributed by atoms with van der Waals surface area (Å²) in [6.45, 7) is 5.25. The molecule has 0 aliphatic carbocycles. The van der Waals surface area contributed by atoms with Crippen LogP contribution in [0.25, 0.3) is 0 Å². The van der Waals surface area contributed by atoms with E-state index in [9.17, 15) is 8.42 Å². The minimum absolute atomic E-state index is 0.275. The summed E-state index contributed by atoms with van der Waals surface area (Å²) in [7, 11) is -1.26. The summed E-state index contributed by atoms with van der Waals surface area (Å²) >= 11 is 5.88. The van der Waals surface area contributed by atoms with Gasteiger partial charge in [0.15, 0.2) is 0 Å². The molecule has 0 N–H and O–H groups in total. The minimum Gasteiger partial charge on any atom is -0.301 e. The predicted molar refractivity (Wildman–Crippen MR) is 77.6 cm³/mol. The SMILES string of the molecule is CC1CN(S(=O)(=O)N2CCCC(CCl)C2)CCN1C. The molecule has 0 spiro atoms. The first-order valence-corrected chi connectivity index (χ1v) is 8.89. The van der Waals surface area contributed by atoms with Crippen molar-refractivity contribution in [3.63, 3.8) is 0 Å². The van der Waals surface area contributed by atoms with Crippen LogP contribution in [-0.2, 0) is 10.2 Å². The lowest BCUT2D eigenvalue weighted by Gasteiger charge is -2.40. The third-order valence-electron chi connectivity index (χ3n) is 4.27. The Morgan fingerprint density at radius 2 is 1.84 bits per heavy atom. The largest absolute Gasteiger partial charge is 0.301 e. The summed E-state index contributed by atoms with van der Waals surface area (Å²) < 4.78 is 28.5. The lowest BCUT2D eigenvalue weighted by molar-refractivity contribution is 0.149. The van der Waals surface area contributed by atoms with E-state index < -0.39 is 10.2 Å². The van der Waals surface area contributed by atoms with Crippen molar-refractivity contribution in [1.29, 1.82) is 0 Å². The van der Waals surface area contributed by atoms with Crippen molar-refractivity contribution in [2.75, 3.05) is 45.7 Å². The van der Waals surface area contributed by atoms with Crippen LogP contribution >= 0.6 is 11.6 Å². The molecule has 0 bridgehead atoms. The number of hydrogen-bond acceptors (Lipinski definition) is 3. The van der Waals surface area contributed by atoms with Crippen molar-refractivity contribution in [1.82, 2.24) is 13.5 Å². The number of alkyl halides is 1. The van der Waals surface area contributed by atoms with Gasteiger partial charge in [0.25, 0.3) is 10.2 Å². The standard InChI is InChI=1S/C12H24ClN3O2S/c1-11-9-16(7-6-14(11)2)19(17,18)15-5-3-4-12(8-13)10-15/h11-12H,3-10H2,1-2H3. The summed E-state index contributed by atoms with van der Waals surface area (Å²) in [6.07, 6.45) is 1.95. The highest BCUT2D eigenvalue weighted by molar-refractivity contribution is 7.86. The molecule has 2 heterocycles. The topological polar surface area (TPSA) is 43.9 Å². The molecule has 0 saturated carbocycles. The molecule has 2 fully saturated rings. The quantitative estimate of drug-likeness (QED) is 0.725. The van der Waals surface area contributed by atoms with E-state index in [1.807, 2.05) is 7.05 Å². The van der Waals surface area contributed by atoms with Gasteiger partial charge in [-0.2, -0.15) is 17.0 Å². The number of nitrogens with zero attached hydrogens (tertiary/aromatic N) is 3. The molecule has 0 aromatic carbocycles. The Morgan fingerprint density at radius 3 is 2.47 bits per heavy atom. The Labute approximate surface area is 121 Å². The molecule has 19 heavy (non-hydrogen) atoms. The molecular formula is C12H24ClN3O2S. The molecule has 112 valence electrons. The average Bonchev–Trinajstić information content (AvgIpc) is 2.41. The van der Waals surface area contributed by atoms with Gasteiger partial charge in [0.05, 0.1) is 0 Å². The Bertz CT molecular complexity index is 392. The second-order valence-electron chi connectivity index (χ2n) is 5.72. The average molecular weight is 310 g/mol. The summed E-state index contributed by atoms with van der Waals surface area (Å²) in [5.41, 5.74) is 0. The summed E-state index contributed by atoms with van der Waals surface area (Å²) in [5, 5.41) is 0. The van der Waals surface area contributed by atoms with Crippen LogP contribution in [0.3, 0.4) is 0 Å². The maximum absolute atomic E-state index is 12.6. The van der Waals surface area contributed by atoms with Gasteiger partial charge >= 0.3 is 0 Å². The molecule has 7 heteroatoms. The zero-order chi connectivity index (χ0) is 14.0. The third kappa shape index (κ3) is 3.42. The van der Waals surface area contributed by atoms with Gasteiger partial charge in [0.1, 0.15) is 0 Å². The fourth-order valence-electron chi connectivity index (χ4n) is 2.75. The van der Waals surface area contributed by atoms with Crippen molar-refractivity contribution in [3.8, 4) is 0 Å². The zero-order valence-corrected chi connectivity index (χ0v) is 13.3. The maximum Gasteiger partial charge on any atom is 0.282 e. The number of likely N-dealkylation sites (N-methyl/N-ethyl adjacent to an activating group) is 1. The number of rotatable bonds is 3. The number of piperidine rings is 1. The first kappa shape index (κ1) is 15.5. The van der Waals surface area contributed by atoms with Gasteiger partial charge in [0.2, 0.25) is 0 Å². The molecule has 0 aromatic heterocycles. The fourth-order valence-corrected chi connectivity index (χ4v) is 4.80. The maximum atomic E-state index is 12.6. The van der Waals surface area contributed by atoms with E-state index >= 15 is 0 Å². The van der Waals surface area contributed by atoms with Gasteiger partial charge in [0, 0.05) is 44.6 Å². The van der Waals surface area contributed by atoms with E-state index in [0.29, 0.717) is 38.0 Å². The van der Waals surface area contributed by atoms with Crippen LogP contribution in [0.2, 0.25) is 0 Å². The van der Waals surface area contributed by atoms with E-state index in [0.717, 1.165) is 19.4 Å². The second kappa shape index (κ2) is 6.26. The van der Waals surface area contributed by atoms with Gasteiger partial charge in [-0.3, -0.25) is 0 Å². The first-order valence-electron chi connectivity index (χ1n) is 6.96. The molecule has 2 saturated heterocycles. The predicted octanol–water partition coefficient (Wildman–Crippen LogP) is 0.818. The van der Waals surface area contributed by atoms with E-state index in [4.69, 9.17) is 11.6 Å². The molecule has 2 atom stereocenters. The van der Waals surface area contributed by atoms with Crippen LogP contribution in [0.15, 0.2) is 0 Å². The molecule has 0 amide bonds. The molecular weight excluding hydrogens is 286 g/mol. The van der Waals surface area contributed by atoms with Crippen LogP contribution in [0.4, 0.5) is 0 Å².